The van der Waals surface area contributed by atoms with Crippen molar-refractivity contribution in [1.29, 1.82) is 0 Å². The highest BCUT2D eigenvalue weighted by atomic mass is 16.5. The van der Waals surface area contributed by atoms with E-state index in [9.17, 15) is 9.90 Å². The lowest BCUT2D eigenvalue weighted by atomic mass is 10.2. The Morgan fingerprint density at radius 1 is 0.913 bits per heavy atom. The molecule has 0 aromatic carbocycles. The van der Waals surface area contributed by atoms with Gasteiger partial charge < -0.3 is 34.0 Å². The van der Waals surface area contributed by atoms with Crippen LogP contribution in [0.1, 0.15) is 16.2 Å². The second kappa shape index (κ2) is 6.82. The maximum Gasteiger partial charge on any atom is 0.209 e. The number of rotatable bonds is 7. The molecule has 8 heteroatoms. The molecule has 0 aliphatic heterocycles. The predicted molar refractivity (Wildman–Crippen MR) is 82.7 cm³/mol. The van der Waals surface area contributed by atoms with Crippen LogP contribution < -0.4 is 18.9 Å². The number of H-pyrrole nitrogens is 2. The van der Waals surface area contributed by atoms with Crippen LogP contribution in [0, 0.1) is 0 Å². The van der Waals surface area contributed by atoms with E-state index < -0.39 is 5.78 Å². The molecule has 0 aliphatic carbocycles. The summed E-state index contributed by atoms with van der Waals surface area (Å²) >= 11 is 0. The SMILES string of the molecule is COc1c[nH]c(C(=O)/C=C(\O)c2[nH]cc(OC)c2OC)c1OC. The van der Waals surface area contributed by atoms with E-state index in [0.717, 1.165) is 6.08 Å². The number of aliphatic hydroxyl groups is 1. The minimum absolute atomic E-state index is 0.161. The number of aromatic nitrogens is 2. The number of hydrogen-bond acceptors (Lipinski definition) is 6. The smallest absolute Gasteiger partial charge is 0.209 e. The van der Waals surface area contributed by atoms with Crippen LogP contribution in [0.2, 0.25) is 0 Å². The number of nitrogens with one attached hydrogen (secondary N) is 2. The predicted octanol–water partition coefficient (Wildman–Crippen LogP) is 2.16. The molecule has 0 aliphatic rings. The van der Waals surface area contributed by atoms with E-state index in [2.05, 4.69) is 9.97 Å². The third-order valence-electron chi connectivity index (χ3n) is 3.22. The summed E-state index contributed by atoms with van der Waals surface area (Å²) in [6, 6.07) is 0. The summed E-state index contributed by atoms with van der Waals surface area (Å²) in [6.45, 7) is 0. The first-order valence-corrected chi connectivity index (χ1v) is 6.61. The average molecular weight is 322 g/mol. The normalized spacial score (nSPS) is 11.2. The van der Waals surface area contributed by atoms with Crippen molar-refractivity contribution in [2.45, 2.75) is 0 Å². The fraction of sp³-hybridized carbons (Fsp3) is 0.267. The molecular formula is C15H18N2O6. The quantitative estimate of drug-likeness (QED) is 0.410. The Morgan fingerprint density at radius 3 is 1.87 bits per heavy atom. The molecule has 0 saturated heterocycles. The van der Waals surface area contributed by atoms with Gasteiger partial charge in [0, 0.05) is 18.5 Å². The molecule has 0 amide bonds. The molecule has 2 aromatic rings. The third-order valence-corrected chi connectivity index (χ3v) is 3.22. The number of hydrogen-bond donors (Lipinski definition) is 3. The van der Waals surface area contributed by atoms with Crippen LogP contribution in [0.25, 0.3) is 5.76 Å². The molecule has 3 N–H and O–H groups in total. The van der Waals surface area contributed by atoms with Crippen molar-refractivity contribution < 1.29 is 28.8 Å². The van der Waals surface area contributed by atoms with E-state index in [1.54, 1.807) is 0 Å². The first kappa shape index (κ1) is 16.3. The number of ether oxygens (including phenoxy) is 4. The van der Waals surface area contributed by atoms with Crippen LogP contribution in [0.5, 0.6) is 23.0 Å². The zero-order chi connectivity index (χ0) is 17.0. The zero-order valence-electron chi connectivity index (χ0n) is 13.2. The lowest BCUT2D eigenvalue weighted by Crippen LogP contribution is -2.01. The van der Waals surface area contributed by atoms with E-state index in [4.69, 9.17) is 18.9 Å². The standard InChI is InChI=1S/C15H18N2O6/c1-20-10-6-16-12(14(10)22-3)8(18)5-9(19)13-15(23-4)11(21-2)7-17-13/h5-7,16-18H,1-4H3/b8-5-. The fourth-order valence-corrected chi connectivity index (χ4v) is 2.13. The molecule has 0 bridgehead atoms. The first-order chi connectivity index (χ1) is 11.1. The summed E-state index contributed by atoms with van der Waals surface area (Å²) in [6.07, 6.45) is 4.05. The van der Waals surface area contributed by atoms with Gasteiger partial charge in [0.15, 0.2) is 23.0 Å². The number of aromatic amines is 2. The summed E-state index contributed by atoms with van der Waals surface area (Å²) in [5.41, 5.74) is 0.392. The van der Waals surface area contributed by atoms with Crippen LogP contribution in [-0.4, -0.2) is 49.3 Å². The molecular weight excluding hydrogens is 304 g/mol. The zero-order valence-corrected chi connectivity index (χ0v) is 13.2. The highest BCUT2D eigenvalue weighted by molar-refractivity contribution is 6.09. The van der Waals surface area contributed by atoms with Crippen molar-refractivity contribution in [3.63, 3.8) is 0 Å². The van der Waals surface area contributed by atoms with E-state index in [-0.39, 0.29) is 22.9 Å². The van der Waals surface area contributed by atoms with Crippen molar-refractivity contribution >= 4 is 11.5 Å². The van der Waals surface area contributed by atoms with Crippen LogP contribution in [0.3, 0.4) is 0 Å². The van der Waals surface area contributed by atoms with Crippen LogP contribution in [0.4, 0.5) is 0 Å². The van der Waals surface area contributed by atoms with E-state index in [1.807, 2.05) is 0 Å². The summed E-state index contributed by atoms with van der Waals surface area (Å²) in [7, 11) is 5.79. The van der Waals surface area contributed by atoms with Gasteiger partial charge in [0.1, 0.15) is 17.1 Å². The van der Waals surface area contributed by atoms with E-state index in [1.165, 1.54) is 40.8 Å². The minimum Gasteiger partial charge on any atom is -0.505 e. The number of allylic oxidation sites excluding steroid dienone is 1. The first-order valence-electron chi connectivity index (χ1n) is 6.61. The number of carbonyl (C=O) groups excluding carboxylic acids is 1. The van der Waals surface area contributed by atoms with Gasteiger partial charge in [-0.25, -0.2) is 0 Å². The average Bonchev–Trinajstić information content (AvgIpc) is 3.16. The lowest BCUT2D eigenvalue weighted by Gasteiger charge is -2.05. The Labute approximate surface area is 132 Å². The Bertz CT molecular complexity index is 728. The van der Waals surface area contributed by atoms with Crippen LogP contribution in [-0.2, 0) is 0 Å². The number of methoxy groups -OCH3 is 4. The number of aliphatic hydroxyl groups excluding tert-OH is 1. The topological polar surface area (TPSA) is 106 Å². The largest absolute Gasteiger partial charge is 0.505 e. The summed E-state index contributed by atoms with van der Waals surface area (Å²) in [5, 5.41) is 10.2. The second-order valence-corrected chi connectivity index (χ2v) is 4.42. The molecule has 0 radical (unpaired) electrons. The monoisotopic (exact) mass is 322 g/mol. The summed E-state index contributed by atoms with van der Waals surface area (Å²) in [4.78, 5) is 17.9. The van der Waals surface area contributed by atoms with E-state index >= 15 is 0 Å². The minimum atomic E-state index is -0.488. The van der Waals surface area contributed by atoms with Gasteiger partial charge in [-0.2, -0.15) is 0 Å². The van der Waals surface area contributed by atoms with E-state index in [0.29, 0.717) is 17.2 Å². The van der Waals surface area contributed by atoms with Crippen molar-refractivity contribution in [3.8, 4) is 23.0 Å². The van der Waals surface area contributed by atoms with Crippen LogP contribution in [0.15, 0.2) is 18.5 Å². The molecule has 0 spiro atoms. The molecule has 0 saturated carbocycles. The lowest BCUT2D eigenvalue weighted by molar-refractivity contribution is 0.103. The molecule has 2 heterocycles. The molecule has 2 aromatic heterocycles. The van der Waals surface area contributed by atoms with Crippen molar-refractivity contribution in [2.75, 3.05) is 28.4 Å². The van der Waals surface area contributed by atoms with Gasteiger partial charge in [-0.3, -0.25) is 4.79 Å². The van der Waals surface area contributed by atoms with Gasteiger partial charge in [-0.15, -0.1) is 0 Å². The highest BCUT2D eigenvalue weighted by Crippen LogP contribution is 2.35. The van der Waals surface area contributed by atoms with Gasteiger partial charge >= 0.3 is 0 Å². The molecule has 0 fully saturated rings. The van der Waals surface area contributed by atoms with Crippen molar-refractivity contribution in [1.82, 2.24) is 9.97 Å². The molecule has 0 unspecified atom stereocenters. The Balaban J connectivity index is 2.36. The molecule has 23 heavy (non-hydrogen) atoms. The van der Waals surface area contributed by atoms with Gasteiger partial charge in [0.2, 0.25) is 5.78 Å². The fourth-order valence-electron chi connectivity index (χ4n) is 2.13. The highest BCUT2D eigenvalue weighted by Gasteiger charge is 2.21. The Morgan fingerprint density at radius 2 is 1.39 bits per heavy atom. The van der Waals surface area contributed by atoms with Gasteiger partial charge in [0.25, 0.3) is 0 Å². The molecule has 124 valence electrons. The van der Waals surface area contributed by atoms with Crippen molar-refractivity contribution in [3.05, 3.63) is 29.9 Å². The third kappa shape index (κ3) is 2.96. The second-order valence-electron chi connectivity index (χ2n) is 4.42. The van der Waals surface area contributed by atoms with Crippen molar-refractivity contribution in [2.24, 2.45) is 0 Å². The molecule has 0 atom stereocenters. The number of carbonyl (C=O) groups is 1. The maximum atomic E-state index is 12.3. The number of ketones is 1. The molecule has 2 rings (SSSR count). The summed E-state index contributed by atoms with van der Waals surface area (Å²) in [5.74, 6) is 0.573. The Hall–Kier alpha value is -3.03. The van der Waals surface area contributed by atoms with Gasteiger partial charge in [-0.1, -0.05) is 0 Å². The van der Waals surface area contributed by atoms with Crippen LogP contribution >= 0.6 is 0 Å². The van der Waals surface area contributed by atoms with Gasteiger partial charge in [0.05, 0.1) is 28.4 Å². The molecule has 8 nitrogen and oxygen atoms in total. The maximum absolute atomic E-state index is 12.3. The Kier molecular flexibility index (Phi) is 4.85. The van der Waals surface area contributed by atoms with Gasteiger partial charge in [-0.05, 0) is 0 Å². The summed E-state index contributed by atoms with van der Waals surface area (Å²) < 4.78 is 20.5.